The van der Waals surface area contributed by atoms with Crippen LogP contribution in [0.2, 0.25) is 0 Å². The molecule has 0 aliphatic heterocycles. The van der Waals surface area contributed by atoms with Crippen LogP contribution in [0, 0.1) is 6.92 Å². The molecule has 0 saturated carbocycles. The number of pyridine rings is 2. The van der Waals surface area contributed by atoms with Crippen molar-refractivity contribution in [2.75, 3.05) is 7.11 Å². The van der Waals surface area contributed by atoms with Gasteiger partial charge in [-0.25, -0.2) is 4.79 Å². The summed E-state index contributed by atoms with van der Waals surface area (Å²) < 4.78 is 10.9. The average Bonchev–Trinajstić information content (AvgIpc) is 2.72. The Labute approximate surface area is 158 Å². The van der Waals surface area contributed by atoms with Gasteiger partial charge >= 0.3 is 5.97 Å². The summed E-state index contributed by atoms with van der Waals surface area (Å²) in [6.07, 6.45) is 4.79. The lowest BCUT2D eigenvalue weighted by molar-refractivity contribution is 0.0473. The molecule has 0 fully saturated rings. The third-order valence-corrected chi connectivity index (χ3v) is 4.08. The molecule has 0 unspecified atom stereocenters. The molecule has 0 aliphatic carbocycles. The van der Waals surface area contributed by atoms with Crippen molar-refractivity contribution in [1.82, 2.24) is 9.97 Å². The van der Waals surface area contributed by atoms with Crippen LogP contribution in [-0.2, 0) is 11.3 Å². The van der Waals surface area contributed by atoms with Gasteiger partial charge in [-0.05, 0) is 30.7 Å². The van der Waals surface area contributed by atoms with Crippen LogP contribution in [-0.4, -0.2) is 23.0 Å². The highest BCUT2D eigenvalue weighted by atomic mass is 16.5. The average molecular weight is 360 g/mol. The van der Waals surface area contributed by atoms with Crippen molar-refractivity contribution in [1.29, 1.82) is 0 Å². The summed E-state index contributed by atoms with van der Waals surface area (Å²) in [6, 6.07) is 13.2. The van der Waals surface area contributed by atoms with Gasteiger partial charge in [0.25, 0.3) is 0 Å². The first-order valence-corrected chi connectivity index (χ1v) is 8.47. The van der Waals surface area contributed by atoms with E-state index >= 15 is 0 Å². The zero-order valence-corrected chi connectivity index (χ0v) is 15.3. The molecule has 1 aromatic carbocycles. The van der Waals surface area contributed by atoms with Gasteiger partial charge in [-0.2, -0.15) is 0 Å². The Morgan fingerprint density at radius 3 is 2.59 bits per heavy atom. The number of carbonyl (C=O) groups excluding carboxylic acids is 1. The molecule has 136 valence electrons. The molecule has 2 heterocycles. The van der Waals surface area contributed by atoms with Crippen LogP contribution in [0.3, 0.4) is 0 Å². The Kier molecular flexibility index (Phi) is 5.61. The normalized spacial score (nSPS) is 10.3. The number of hydrogen-bond acceptors (Lipinski definition) is 5. The van der Waals surface area contributed by atoms with E-state index in [-0.39, 0.29) is 6.61 Å². The van der Waals surface area contributed by atoms with Crippen LogP contribution in [0.1, 0.15) is 27.3 Å². The highest BCUT2D eigenvalue weighted by molar-refractivity contribution is 5.98. The highest BCUT2D eigenvalue weighted by Crippen LogP contribution is 2.33. The van der Waals surface area contributed by atoms with Gasteiger partial charge in [0, 0.05) is 23.0 Å². The lowest BCUT2D eigenvalue weighted by atomic mass is 10.00. The Morgan fingerprint density at radius 1 is 1.11 bits per heavy atom. The smallest absolute Gasteiger partial charge is 0.340 e. The number of ether oxygens (including phenoxy) is 2. The van der Waals surface area contributed by atoms with Crippen LogP contribution in [0.15, 0.2) is 61.4 Å². The van der Waals surface area contributed by atoms with Crippen LogP contribution in [0.5, 0.6) is 5.75 Å². The largest absolute Gasteiger partial charge is 0.494 e. The molecule has 0 aliphatic rings. The second kappa shape index (κ2) is 8.27. The third kappa shape index (κ3) is 4.20. The maximum absolute atomic E-state index is 12.7. The third-order valence-electron chi connectivity index (χ3n) is 4.08. The number of esters is 1. The lowest BCUT2D eigenvalue weighted by Crippen LogP contribution is -2.08. The van der Waals surface area contributed by atoms with E-state index in [1.165, 1.54) is 6.20 Å². The molecular formula is C22H20N2O3. The summed E-state index contributed by atoms with van der Waals surface area (Å²) in [7, 11) is 1.57. The first-order chi connectivity index (χ1) is 13.1. The fourth-order valence-corrected chi connectivity index (χ4v) is 2.69. The van der Waals surface area contributed by atoms with Crippen LogP contribution < -0.4 is 4.74 Å². The van der Waals surface area contributed by atoms with Gasteiger partial charge in [0.15, 0.2) is 0 Å². The zero-order chi connectivity index (χ0) is 19.2. The second-order valence-corrected chi connectivity index (χ2v) is 5.95. The SMILES string of the molecule is C=Cc1cc(-c2cc(C)ncc2C(=O)OCc2ccccc2)c(OC)cn1. The van der Waals surface area contributed by atoms with Crippen molar-refractivity contribution < 1.29 is 14.3 Å². The molecule has 2 aromatic heterocycles. The predicted octanol–water partition coefficient (Wildman–Crippen LogP) is 4.46. The number of hydrogen-bond donors (Lipinski definition) is 0. The van der Waals surface area contributed by atoms with Crippen LogP contribution >= 0.6 is 0 Å². The predicted molar refractivity (Wildman–Crippen MR) is 104 cm³/mol. The zero-order valence-electron chi connectivity index (χ0n) is 15.3. The van der Waals surface area contributed by atoms with Crippen molar-refractivity contribution in [2.24, 2.45) is 0 Å². The summed E-state index contributed by atoms with van der Waals surface area (Å²) in [5.74, 6) is 0.115. The molecule has 27 heavy (non-hydrogen) atoms. The van der Waals surface area contributed by atoms with E-state index < -0.39 is 5.97 Å². The summed E-state index contributed by atoms with van der Waals surface area (Å²) >= 11 is 0. The molecular weight excluding hydrogens is 340 g/mol. The standard InChI is InChI=1S/C22H20N2O3/c1-4-17-11-19(21(26-3)13-24-17)18-10-15(2)23-12-20(18)22(25)27-14-16-8-6-5-7-9-16/h4-13H,1,14H2,2-3H3. The minimum atomic E-state index is -0.444. The van der Waals surface area contributed by atoms with Crippen LogP contribution in [0.25, 0.3) is 17.2 Å². The van der Waals surface area contributed by atoms with Gasteiger partial charge in [0.1, 0.15) is 12.4 Å². The van der Waals surface area contributed by atoms with Gasteiger partial charge in [-0.15, -0.1) is 0 Å². The molecule has 0 N–H and O–H groups in total. The Hall–Kier alpha value is -3.47. The number of benzene rings is 1. The maximum atomic E-state index is 12.7. The van der Waals surface area contributed by atoms with E-state index in [0.29, 0.717) is 22.6 Å². The molecule has 3 rings (SSSR count). The van der Waals surface area contributed by atoms with Gasteiger partial charge in [0.2, 0.25) is 0 Å². The van der Waals surface area contributed by atoms with Crippen molar-refractivity contribution in [2.45, 2.75) is 13.5 Å². The first kappa shape index (κ1) is 18.3. The fraction of sp³-hybridized carbons (Fsp3) is 0.136. The Morgan fingerprint density at radius 2 is 1.89 bits per heavy atom. The van der Waals surface area contributed by atoms with Crippen molar-refractivity contribution in [3.8, 4) is 16.9 Å². The molecule has 0 spiro atoms. The number of aryl methyl sites for hydroxylation is 1. The quantitative estimate of drug-likeness (QED) is 0.607. The minimum Gasteiger partial charge on any atom is -0.494 e. The van der Waals surface area contributed by atoms with Crippen LogP contribution in [0.4, 0.5) is 0 Å². The Balaban J connectivity index is 1.98. The summed E-state index contributed by atoms with van der Waals surface area (Å²) in [4.78, 5) is 21.3. The van der Waals surface area contributed by atoms with E-state index in [0.717, 1.165) is 16.8 Å². The van der Waals surface area contributed by atoms with E-state index in [4.69, 9.17) is 9.47 Å². The van der Waals surface area contributed by atoms with Crippen molar-refractivity contribution >= 4 is 12.0 Å². The van der Waals surface area contributed by atoms with Gasteiger partial charge in [0.05, 0.1) is 24.6 Å². The monoisotopic (exact) mass is 360 g/mol. The number of nitrogens with zero attached hydrogens (tertiary/aromatic N) is 2. The second-order valence-electron chi connectivity index (χ2n) is 5.95. The molecule has 0 amide bonds. The topological polar surface area (TPSA) is 61.3 Å². The lowest BCUT2D eigenvalue weighted by Gasteiger charge is -2.14. The molecule has 3 aromatic rings. The molecule has 5 heteroatoms. The minimum absolute atomic E-state index is 0.193. The van der Waals surface area contributed by atoms with E-state index in [9.17, 15) is 4.79 Å². The Bertz CT molecular complexity index is 969. The highest BCUT2D eigenvalue weighted by Gasteiger charge is 2.19. The first-order valence-electron chi connectivity index (χ1n) is 8.47. The fourth-order valence-electron chi connectivity index (χ4n) is 2.69. The molecule has 0 saturated heterocycles. The molecule has 5 nitrogen and oxygen atoms in total. The van der Waals surface area contributed by atoms with E-state index in [1.807, 2.05) is 49.4 Å². The number of carbonyl (C=O) groups is 1. The van der Waals surface area contributed by atoms with Crippen molar-refractivity contribution in [3.63, 3.8) is 0 Å². The van der Waals surface area contributed by atoms with Gasteiger partial charge < -0.3 is 9.47 Å². The molecule has 0 bridgehead atoms. The van der Waals surface area contributed by atoms with Crippen molar-refractivity contribution in [3.05, 3.63) is 84.0 Å². The van der Waals surface area contributed by atoms with E-state index in [1.54, 1.807) is 19.4 Å². The molecule has 0 atom stereocenters. The summed E-state index contributed by atoms with van der Waals surface area (Å²) in [5.41, 5.74) is 4.17. The number of methoxy groups -OCH3 is 1. The number of rotatable bonds is 6. The summed E-state index contributed by atoms with van der Waals surface area (Å²) in [6.45, 7) is 5.81. The number of aromatic nitrogens is 2. The molecule has 0 radical (unpaired) electrons. The maximum Gasteiger partial charge on any atom is 0.340 e. The van der Waals surface area contributed by atoms with Gasteiger partial charge in [-0.3, -0.25) is 9.97 Å². The van der Waals surface area contributed by atoms with E-state index in [2.05, 4.69) is 16.5 Å². The van der Waals surface area contributed by atoms with Gasteiger partial charge in [-0.1, -0.05) is 36.9 Å². The summed E-state index contributed by atoms with van der Waals surface area (Å²) in [5, 5.41) is 0.